The van der Waals surface area contributed by atoms with E-state index in [0.29, 0.717) is 6.61 Å². The largest absolute Gasteiger partial charge is 0.367 e. The van der Waals surface area contributed by atoms with Gasteiger partial charge in [-0.2, -0.15) is 0 Å². The van der Waals surface area contributed by atoms with Crippen molar-refractivity contribution in [2.45, 2.75) is 30.6 Å². The van der Waals surface area contributed by atoms with Gasteiger partial charge in [0, 0.05) is 4.47 Å². The molecule has 0 spiro atoms. The Labute approximate surface area is 185 Å². The summed E-state index contributed by atoms with van der Waals surface area (Å²) in [5.74, 6) is 0. The molecule has 0 aromatic heterocycles. The summed E-state index contributed by atoms with van der Waals surface area (Å²) in [6, 6.07) is 22.0. The molecule has 4 rings (SSSR count). The summed E-state index contributed by atoms with van der Waals surface area (Å²) < 4.78 is 36.2. The SMILES string of the molecule is Cc1ccc(S(=O)(=O)N[C@@H]2c3ccccc3C=C[C@H]2OCc2ccc(Br)cc2)cc1. The Kier molecular flexibility index (Phi) is 6.20. The summed E-state index contributed by atoms with van der Waals surface area (Å²) in [6.07, 6.45) is 3.48. The van der Waals surface area contributed by atoms with Crippen LogP contribution in [0, 0.1) is 6.92 Å². The highest BCUT2D eigenvalue weighted by molar-refractivity contribution is 9.10. The molecule has 6 heteroatoms. The van der Waals surface area contributed by atoms with Gasteiger partial charge in [-0.25, -0.2) is 13.1 Å². The fourth-order valence-electron chi connectivity index (χ4n) is 3.44. The Balaban J connectivity index is 1.61. The zero-order chi connectivity index (χ0) is 21.1. The van der Waals surface area contributed by atoms with E-state index in [4.69, 9.17) is 4.74 Å². The third kappa shape index (κ3) is 4.73. The average Bonchev–Trinajstić information content (AvgIpc) is 2.74. The van der Waals surface area contributed by atoms with Crippen LogP contribution in [0.15, 0.2) is 88.2 Å². The number of fused-ring (bicyclic) bond motifs is 1. The lowest BCUT2D eigenvalue weighted by Gasteiger charge is -2.30. The van der Waals surface area contributed by atoms with Crippen molar-refractivity contribution in [3.63, 3.8) is 0 Å². The number of halogens is 1. The van der Waals surface area contributed by atoms with E-state index in [9.17, 15) is 8.42 Å². The third-order valence-corrected chi connectivity index (χ3v) is 7.08. The van der Waals surface area contributed by atoms with Gasteiger partial charge in [0.1, 0.15) is 0 Å². The molecule has 1 aliphatic rings. The molecule has 0 unspecified atom stereocenters. The van der Waals surface area contributed by atoms with Crippen molar-refractivity contribution >= 4 is 32.0 Å². The van der Waals surface area contributed by atoms with Gasteiger partial charge in [0.15, 0.2) is 0 Å². The Morgan fingerprint density at radius 3 is 2.40 bits per heavy atom. The number of ether oxygens (including phenoxy) is 1. The number of sulfonamides is 1. The number of nitrogens with one attached hydrogen (secondary N) is 1. The highest BCUT2D eigenvalue weighted by atomic mass is 79.9. The van der Waals surface area contributed by atoms with E-state index < -0.39 is 22.2 Å². The van der Waals surface area contributed by atoms with Crippen molar-refractivity contribution in [2.24, 2.45) is 0 Å². The molecular weight excluding hydrogens is 462 g/mol. The molecule has 0 saturated heterocycles. The standard InChI is InChI=1S/C24H22BrNO3S/c1-17-6-13-21(14-7-17)30(27,28)26-24-22-5-3-2-4-19(22)10-15-23(24)29-16-18-8-11-20(25)12-9-18/h2-15,23-24,26H,16H2,1H3/t23-,24-/m1/s1. The smallest absolute Gasteiger partial charge is 0.241 e. The lowest BCUT2D eigenvalue weighted by molar-refractivity contribution is 0.0505. The highest BCUT2D eigenvalue weighted by Gasteiger charge is 2.31. The molecule has 30 heavy (non-hydrogen) atoms. The molecule has 0 bridgehead atoms. The molecule has 0 heterocycles. The van der Waals surface area contributed by atoms with Gasteiger partial charge < -0.3 is 4.74 Å². The minimum Gasteiger partial charge on any atom is -0.367 e. The van der Waals surface area contributed by atoms with Crippen LogP contribution in [0.2, 0.25) is 0 Å². The van der Waals surface area contributed by atoms with E-state index in [1.807, 2.05) is 67.6 Å². The summed E-state index contributed by atoms with van der Waals surface area (Å²) in [4.78, 5) is 0.242. The predicted molar refractivity (Wildman–Crippen MR) is 122 cm³/mol. The molecule has 0 aliphatic heterocycles. The van der Waals surface area contributed by atoms with Gasteiger partial charge in [-0.1, -0.05) is 82.2 Å². The Bertz CT molecular complexity index is 1160. The molecule has 0 amide bonds. The molecule has 1 aliphatic carbocycles. The Morgan fingerprint density at radius 1 is 0.967 bits per heavy atom. The number of aryl methyl sites for hydroxylation is 1. The van der Waals surface area contributed by atoms with E-state index in [2.05, 4.69) is 20.7 Å². The summed E-state index contributed by atoms with van der Waals surface area (Å²) in [7, 11) is -3.71. The van der Waals surface area contributed by atoms with Crippen LogP contribution in [0.5, 0.6) is 0 Å². The van der Waals surface area contributed by atoms with Crippen molar-refractivity contribution < 1.29 is 13.2 Å². The van der Waals surface area contributed by atoms with Crippen LogP contribution < -0.4 is 4.72 Å². The summed E-state index contributed by atoms with van der Waals surface area (Å²) in [5.41, 5.74) is 3.91. The van der Waals surface area contributed by atoms with E-state index in [-0.39, 0.29) is 4.90 Å². The maximum Gasteiger partial charge on any atom is 0.241 e. The minimum absolute atomic E-state index is 0.242. The Hall–Kier alpha value is -2.25. The molecular formula is C24H22BrNO3S. The topological polar surface area (TPSA) is 55.4 Å². The first-order valence-electron chi connectivity index (χ1n) is 9.64. The number of rotatable bonds is 6. The lowest BCUT2D eigenvalue weighted by Crippen LogP contribution is -2.38. The summed E-state index contributed by atoms with van der Waals surface area (Å²) in [5, 5.41) is 0. The number of benzene rings is 3. The third-order valence-electron chi connectivity index (χ3n) is 5.09. The van der Waals surface area contributed by atoms with Crippen LogP contribution >= 0.6 is 15.9 Å². The normalized spacial score (nSPS) is 18.2. The maximum atomic E-state index is 13.1. The molecule has 0 fully saturated rings. The van der Waals surface area contributed by atoms with Crippen molar-refractivity contribution in [1.29, 1.82) is 0 Å². The lowest BCUT2D eigenvalue weighted by atomic mass is 9.91. The van der Waals surface area contributed by atoms with Gasteiger partial charge in [-0.15, -0.1) is 0 Å². The van der Waals surface area contributed by atoms with Gasteiger partial charge in [-0.05, 0) is 47.9 Å². The fraction of sp³-hybridized carbons (Fsp3) is 0.167. The molecule has 0 radical (unpaired) electrons. The van der Waals surface area contributed by atoms with Crippen molar-refractivity contribution in [1.82, 2.24) is 4.72 Å². The van der Waals surface area contributed by atoms with Gasteiger partial charge >= 0.3 is 0 Å². The zero-order valence-electron chi connectivity index (χ0n) is 16.5. The number of hydrogen-bond donors (Lipinski definition) is 1. The molecule has 3 aromatic rings. The van der Waals surface area contributed by atoms with Crippen molar-refractivity contribution in [3.8, 4) is 0 Å². The molecule has 2 atom stereocenters. The Morgan fingerprint density at radius 2 is 1.67 bits per heavy atom. The maximum absolute atomic E-state index is 13.1. The summed E-state index contributed by atoms with van der Waals surface area (Å²) in [6.45, 7) is 2.31. The van der Waals surface area contributed by atoms with Crippen LogP contribution in [0.1, 0.15) is 28.3 Å². The first-order valence-corrected chi connectivity index (χ1v) is 11.9. The second-order valence-corrected chi connectivity index (χ2v) is 9.93. The van der Waals surface area contributed by atoms with Crippen LogP contribution in [-0.4, -0.2) is 14.5 Å². The molecule has 0 saturated carbocycles. The first kappa shape index (κ1) is 21.0. The first-order chi connectivity index (χ1) is 14.4. The average molecular weight is 484 g/mol. The van der Waals surface area contributed by atoms with Crippen molar-refractivity contribution in [2.75, 3.05) is 0 Å². The van der Waals surface area contributed by atoms with Crippen LogP contribution in [0.4, 0.5) is 0 Å². The molecule has 3 aromatic carbocycles. The fourth-order valence-corrected chi connectivity index (χ4v) is 4.93. The quantitative estimate of drug-likeness (QED) is 0.511. The van der Waals surface area contributed by atoms with Gasteiger partial charge in [0.25, 0.3) is 0 Å². The van der Waals surface area contributed by atoms with E-state index in [1.54, 1.807) is 24.3 Å². The predicted octanol–water partition coefficient (Wildman–Crippen LogP) is 5.39. The van der Waals surface area contributed by atoms with Gasteiger partial charge in [-0.3, -0.25) is 0 Å². The monoisotopic (exact) mass is 483 g/mol. The van der Waals surface area contributed by atoms with E-state index in [1.165, 1.54) is 0 Å². The van der Waals surface area contributed by atoms with Crippen LogP contribution in [-0.2, 0) is 21.4 Å². The minimum atomic E-state index is -3.71. The van der Waals surface area contributed by atoms with Crippen LogP contribution in [0.3, 0.4) is 0 Å². The second kappa shape index (κ2) is 8.86. The van der Waals surface area contributed by atoms with Crippen molar-refractivity contribution in [3.05, 3.63) is 106 Å². The molecule has 1 N–H and O–H groups in total. The van der Waals surface area contributed by atoms with Gasteiger partial charge in [0.05, 0.1) is 23.6 Å². The summed E-state index contributed by atoms with van der Waals surface area (Å²) >= 11 is 3.43. The van der Waals surface area contributed by atoms with Gasteiger partial charge in [0.2, 0.25) is 10.0 Å². The number of hydrogen-bond acceptors (Lipinski definition) is 3. The van der Waals surface area contributed by atoms with E-state index >= 15 is 0 Å². The molecule has 4 nitrogen and oxygen atoms in total. The second-order valence-electron chi connectivity index (χ2n) is 7.30. The zero-order valence-corrected chi connectivity index (χ0v) is 18.9. The van der Waals surface area contributed by atoms with E-state index in [0.717, 1.165) is 26.7 Å². The van der Waals surface area contributed by atoms with Crippen LogP contribution in [0.25, 0.3) is 6.08 Å². The molecule has 154 valence electrons. The highest BCUT2D eigenvalue weighted by Crippen LogP contribution is 2.32.